The summed E-state index contributed by atoms with van der Waals surface area (Å²) in [4.78, 5) is 0. The van der Waals surface area contributed by atoms with Crippen LogP contribution in [-0.4, -0.2) is 4.62 Å². The summed E-state index contributed by atoms with van der Waals surface area (Å²) in [5.41, 5.74) is 0.546. The third-order valence-corrected chi connectivity index (χ3v) is 1.65. The average Bonchev–Trinajstić information content (AvgIpc) is 1.88. The standard InChI is InChI=1S/C5H5BrClN3/c6-4(8)3-5(7)10-2-1-9-3/h1-2,8-10H. The number of hydrogen-bond acceptors (Lipinski definition) is 3. The molecule has 3 nitrogen and oxygen atoms in total. The maximum Gasteiger partial charge on any atom is 0.132 e. The first kappa shape index (κ1) is 7.63. The molecule has 0 saturated heterocycles. The molecule has 0 aromatic carbocycles. The molecule has 3 N–H and O–H groups in total. The van der Waals surface area contributed by atoms with E-state index in [1.54, 1.807) is 12.4 Å². The van der Waals surface area contributed by atoms with Gasteiger partial charge >= 0.3 is 0 Å². The summed E-state index contributed by atoms with van der Waals surface area (Å²) in [5.74, 6) is 0. The van der Waals surface area contributed by atoms with Crippen molar-refractivity contribution in [2.75, 3.05) is 0 Å². The van der Waals surface area contributed by atoms with Crippen LogP contribution in [0.2, 0.25) is 0 Å². The maximum absolute atomic E-state index is 7.16. The van der Waals surface area contributed by atoms with Crippen LogP contribution in [0.1, 0.15) is 0 Å². The summed E-state index contributed by atoms with van der Waals surface area (Å²) in [6.45, 7) is 0. The molecule has 1 aliphatic heterocycles. The molecule has 0 saturated carbocycles. The van der Waals surface area contributed by atoms with Crippen LogP contribution < -0.4 is 10.6 Å². The maximum atomic E-state index is 7.16. The normalized spacial score (nSPS) is 16.2. The van der Waals surface area contributed by atoms with Crippen molar-refractivity contribution in [2.24, 2.45) is 0 Å². The summed E-state index contributed by atoms with van der Waals surface area (Å²) in [6, 6.07) is 0. The average molecular weight is 222 g/mol. The molecular formula is C5H5BrClN3. The van der Waals surface area contributed by atoms with Gasteiger partial charge in [-0.2, -0.15) is 0 Å². The van der Waals surface area contributed by atoms with Crippen molar-refractivity contribution >= 4 is 32.2 Å². The van der Waals surface area contributed by atoms with Gasteiger partial charge in [-0.15, -0.1) is 0 Å². The van der Waals surface area contributed by atoms with Crippen LogP contribution in [0.3, 0.4) is 0 Å². The molecule has 0 bridgehead atoms. The van der Waals surface area contributed by atoms with Gasteiger partial charge in [-0.1, -0.05) is 11.6 Å². The Hall–Kier alpha value is -0.480. The molecule has 54 valence electrons. The third-order valence-electron chi connectivity index (χ3n) is 0.960. The predicted molar refractivity (Wildman–Crippen MR) is 44.9 cm³/mol. The number of rotatable bonds is 1. The Kier molecular flexibility index (Phi) is 2.34. The molecule has 0 amide bonds. The lowest BCUT2D eigenvalue weighted by Crippen LogP contribution is -2.21. The van der Waals surface area contributed by atoms with Gasteiger partial charge in [-0.3, -0.25) is 5.41 Å². The van der Waals surface area contributed by atoms with E-state index in [0.29, 0.717) is 10.9 Å². The first-order chi connectivity index (χ1) is 4.72. The zero-order valence-electron chi connectivity index (χ0n) is 4.91. The quantitative estimate of drug-likeness (QED) is 0.464. The van der Waals surface area contributed by atoms with E-state index in [-0.39, 0.29) is 4.62 Å². The van der Waals surface area contributed by atoms with Crippen LogP contribution in [-0.2, 0) is 0 Å². The SMILES string of the molecule is N=C(Br)C1=C(Cl)NC=CN1. The minimum atomic E-state index is 0.231. The predicted octanol–water partition coefficient (Wildman–Crippen LogP) is 1.43. The van der Waals surface area contributed by atoms with Crippen LogP contribution >= 0.6 is 27.5 Å². The van der Waals surface area contributed by atoms with Gasteiger partial charge in [-0.25, -0.2) is 0 Å². The zero-order valence-corrected chi connectivity index (χ0v) is 7.25. The van der Waals surface area contributed by atoms with Gasteiger partial charge in [0.1, 0.15) is 15.5 Å². The highest BCUT2D eigenvalue weighted by atomic mass is 79.9. The molecular weight excluding hydrogens is 217 g/mol. The molecule has 5 heteroatoms. The minimum Gasteiger partial charge on any atom is -0.356 e. The molecule has 0 atom stereocenters. The zero-order chi connectivity index (χ0) is 7.56. The Morgan fingerprint density at radius 1 is 1.50 bits per heavy atom. The van der Waals surface area contributed by atoms with Gasteiger partial charge in [0.25, 0.3) is 0 Å². The van der Waals surface area contributed by atoms with Gasteiger partial charge in [-0.05, 0) is 15.9 Å². The second kappa shape index (κ2) is 3.07. The van der Waals surface area contributed by atoms with Crippen LogP contribution in [0.4, 0.5) is 0 Å². The van der Waals surface area contributed by atoms with Crippen molar-refractivity contribution in [2.45, 2.75) is 0 Å². The largest absolute Gasteiger partial charge is 0.356 e. The van der Waals surface area contributed by atoms with Crippen molar-refractivity contribution in [1.29, 1.82) is 5.41 Å². The highest BCUT2D eigenvalue weighted by molar-refractivity contribution is 9.18. The monoisotopic (exact) mass is 221 g/mol. The molecule has 0 spiro atoms. The molecule has 0 radical (unpaired) electrons. The molecule has 0 unspecified atom stereocenters. The highest BCUT2D eigenvalue weighted by Gasteiger charge is 2.07. The van der Waals surface area contributed by atoms with Crippen molar-refractivity contribution in [3.8, 4) is 0 Å². The Morgan fingerprint density at radius 3 is 2.50 bits per heavy atom. The smallest absolute Gasteiger partial charge is 0.132 e. The lowest BCUT2D eigenvalue weighted by atomic mass is 10.4. The summed E-state index contributed by atoms with van der Waals surface area (Å²) in [5, 5.41) is 13.1. The van der Waals surface area contributed by atoms with Gasteiger partial charge in [0.15, 0.2) is 0 Å². The second-order valence-corrected chi connectivity index (χ2v) is 2.80. The van der Waals surface area contributed by atoms with Crippen LogP contribution in [0.5, 0.6) is 0 Å². The van der Waals surface area contributed by atoms with E-state index in [1.807, 2.05) is 0 Å². The first-order valence-electron chi connectivity index (χ1n) is 2.54. The second-order valence-electron chi connectivity index (χ2n) is 1.62. The topological polar surface area (TPSA) is 47.9 Å². The Labute approximate surface area is 71.8 Å². The van der Waals surface area contributed by atoms with Gasteiger partial charge in [0.05, 0.1) is 0 Å². The minimum absolute atomic E-state index is 0.231. The number of halogens is 2. The summed E-state index contributed by atoms with van der Waals surface area (Å²) < 4.78 is 0.231. The van der Waals surface area contributed by atoms with Gasteiger partial charge in [0, 0.05) is 12.4 Å². The van der Waals surface area contributed by atoms with E-state index < -0.39 is 0 Å². The summed E-state index contributed by atoms with van der Waals surface area (Å²) in [6.07, 6.45) is 3.32. The molecule has 0 aromatic heterocycles. The van der Waals surface area contributed by atoms with Crippen molar-refractivity contribution in [3.63, 3.8) is 0 Å². The summed E-state index contributed by atoms with van der Waals surface area (Å²) in [7, 11) is 0. The van der Waals surface area contributed by atoms with Crippen molar-refractivity contribution in [3.05, 3.63) is 23.3 Å². The van der Waals surface area contributed by atoms with Crippen molar-refractivity contribution in [1.82, 2.24) is 10.6 Å². The first-order valence-corrected chi connectivity index (χ1v) is 3.71. The fourth-order valence-corrected chi connectivity index (χ4v) is 1.17. The summed E-state index contributed by atoms with van der Waals surface area (Å²) >= 11 is 8.64. The van der Waals surface area contributed by atoms with E-state index in [2.05, 4.69) is 26.6 Å². The Morgan fingerprint density at radius 2 is 2.10 bits per heavy atom. The highest BCUT2D eigenvalue weighted by Crippen LogP contribution is 2.10. The lowest BCUT2D eigenvalue weighted by molar-refractivity contribution is 0.985. The van der Waals surface area contributed by atoms with Crippen molar-refractivity contribution < 1.29 is 0 Å². The van der Waals surface area contributed by atoms with Crippen LogP contribution in [0, 0.1) is 5.41 Å². The third kappa shape index (κ3) is 1.52. The van der Waals surface area contributed by atoms with E-state index in [0.717, 1.165) is 0 Å². The molecule has 1 rings (SSSR count). The molecule has 0 aromatic rings. The molecule has 0 fully saturated rings. The number of allylic oxidation sites excluding steroid dienone is 1. The molecule has 1 heterocycles. The number of nitrogens with one attached hydrogen (secondary N) is 3. The van der Waals surface area contributed by atoms with Crippen LogP contribution in [0.15, 0.2) is 23.3 Å². The fraction of sp³-hybridized carbons (Fsp3) is 0. The fourth-order valence-electron chi connectivity index (χ4n) is 0.535. The Balaban J connectivity index is 2.81. The number of hydrogen-bond donors (Lipinski definition) is 3. The molecule has 1 aliphatic rings. The molecule has 10 heavy (non-hydrogen) atoms. The van der Waals surface area contributed by atoms with E-state index in [4.69, 9.17) is 17.0 Å². The van der Waals surface area contributed by atoms with Gasteiger partial charge < -0.3 is 10.6 Å². The van der Waals surface area contributed by atoms with E-state index >= 15 is 0 Å². The van der Waals surface area contributed by atoms with Gasteiger partial charge in [0.2, 0.25) is 0 Å². The van der Waals surface area contributed by atoms with E-state index in [9.17, 15) is 0 Å². The lowest BCUT2D eigenvalue weighted by Gasteiger charge is -2.11. The van der Waals surface area contributed by atoms with Crippen LogP contribution in [0.25, 0.3) is 0 Å². The molecule has 0 aliphatic carbocycles. The van der Waals surface area contributed by atoms with E-state index in [1.165, 1.54) is 0 Å². The Bertz CT molecular complexity index is 221.